The van der Waals surface area contributed by atoms with Crippen LogP contribution in [0.25, 0.3) is 10.4 Å². The summed E-state index contributed by atoms with van der Waals surface area (Å²) in [5.41, 5.74) is 0.921. The van der Waals surface area contributed by atoms with Crippen LogP contribution in [0.4, 0.5) is 4.39 Å². The fourth-order valence-electron chi connectivity index (χ4n) is 1.88. The maximum absolute atomic E-state index is 12.9. The summed E-state index contributed by atoms with van der Waals surface area (Å²) in [6.45, 7) is 4.45. The number of nitrogens with one attached hydrogen (secondary N) is 2. The second-order valence-electron chi connectivity index (χ2n) is 4.68. The van der Waals surface area contributed by atoms with Gasteiger partial charge in [-0.3, -0.25) is 4.79 Å². The molecule has 0 saturated heterocycles. The molecule has 1 heterocycles. The van der Waals surface area contributed by atoms with Gasteiger partial charge in [-0.2, -0.15) is 0 Å². The van der Waals surface area contributed by atoms with E-state index >= 15 is 0 Å². The SMILES string of the molecule is CCCNCCNC(=O)c1ccc(-c2ccc(F)cc2)s1.Cl. The molecule has 0 aliphatic rings. The van der Waals surface area contributed by atoms with E-state index in [1.54, 1.807) is 18.2 Å². The summed E-state index contributed by atoms with van der Waals surface area (Å²) in [6, 6.07) is 9.98. The number of carbonyl (C=O) groups excluding carboxylic acids is 1. The molecule has 0 bridgehead atoms. The van der Waals surface area contributed by atoms with Crippen molar-refractivity contribution in [3.05, 3.63) is 47.1 Å². The topological polar surface area (TPSA) is 41.1 Å². The van der Waals surface area contributed by atoms with Gasteiger partial charge in [0.15, 0.2) is 0 Å². The molecule has 120 valence electrons. The molecule has 0 atom stereocenters. The molecule has 0 saturated carbocycles. The first-order valence-corrected chi connectivity index (χ1v) is 7.87. The Morgan fingerprint density at radius 2 is 1.82 bits per heavy atom. The summed E-state index contributed by atoms with van der Waals surface area (Å²) in [6.07, 6.45) is 1.08. The van der Waals surface area contributed by atoms with Gasteiger partial charge < -0.3 is 10.6 Å². The molecule has 0 spiro atoms. The second-order valence-corrected chi connectivity index (χ2v) is 5.76. The van der Waals surface area contributed by atoms with Crippen LogP contribution < -0.4 is 10.6 Å². The molecule has 0 fully saturated rings. The summed E-state index contributed by atoms with van der Waals surface area (Å²) >= 11 is 1.41. The molecular weight excluding hydrogens is 323 g/mol. The summed E-state index contributed by atoms with van der Waals surface area (Å²) < 4.78 is 12.9. The normalized spacial score (nSPS) is 10.1. The Kier molecular flexibility index (Phi) is 8.09. The van der Waals surface area contributed by atoms with E-state index in [1.165, 1.54) is 23.5 Å². The van der Waals surface area contributed by atoms with E-state index in [-0.39, 0.29) is 24.1 Å². The van der Waals surface area contributed by atoms with Crippen molar-refractivity contribution in [3.8, 4) is 10.4 Å². The Bertz CT molecular complexity index is 586. The van der Waals surface area contributed by atoms with Crippen molar-refractivity contribution >= 4 is 29.7 Å². The largest absolute Gasteiger partial charge is 0.350 e. The van der Waals surface area contributed by atoms with Crippen molar-refractivity contribution in [2.75, 3.05) is 19.6 Å². The van der Waals surface area contributed by atoms with Gasteiger partial charge in [-0.1, -0.05) is 19.1 Å². The fraction of sp³-hybridized carbons (Fsp3) is 0.312. The summed E-state index contributed by atoms with van der Waals surface area (Å²) in [7, 11) is 0. The first-order chi connectivity index (χ1) is 10.2. The van der Waals surface area contributed by atoms with Crippen LogP contribution in [0.1, 0.15) is 23.0 Å². The summed E-state index contributed by atoms with van der Waals surface area (Å²) in [5.74, 6) is -0.320. The third-order valence-corrected chi connectivity index (χ3v) is 4.11. The van der Waals surface area contributed by atoms with Crippen molar-refractivity contribution in [1.82, 2.24) is 10.6 Å². The van der Waals surface area contributed by atoms with Gasteiger partial charge in [-0.15, -0.1) is 23.7 Å². The van der Waals surface area contributed by atoms with Crippen molar-refractivity contribution in [3.63, 3.8) is 0 Å². The predicted octanol–water partition coefficient (Wildman–Crippen LogP) is 3.71. The van der Waals surface area contributed by atoms with Crippen LogP contribution in [0.3, 0.4) is 0 Å². The predicted molar refractivity (Wildman–Crippen MR) is 92.5 cm³/mol. The molecule has 0 radical (unpaired) electrons. The molecule has 2 aromatic rings. The van der Waals surface area contributed by atoms with Crippen LogP contribution >= 0.6 is 23.7 Å². The van der Waals surface area contributed by atoms with Gasteiger partial charge in [-0.05, 0) is 42.8 Å². The van der Waals surface area contributed by atoms with Crippen molar-refractivity contribution in [2.45, 2.75) is 13.3 Å². The minimum atomic E-state index is -0.257. The zero-order valence-electron chi connectivity index (χ0n) is 12.4. The minimum Gasteiger partial charge on any atom is -0.350 e. The average Bonchev–Trinajstić information content (AvgIpc) is 2.97. The van der Waals surface area contributed by atoms with Gasteiger partial charge in [-0.25, -0.2) is 4.39 Å². The van der Waals surface area contributed by atoms with Gasteiger partial charge in [0.25, 0.3) is 5.91 Å². The third kappa shape index (κ3) is 5.40. The van der Waals surface area contributed by atoms with Crippen LogP contribution in [0.2, 0.25) is 0 Å². The molecule has 22 heavy (non-hydrogen) atoms. The molecule has 1 aromatic heterocycles. The highest BCUT2D eigenvalue weighted by molar-refractivity contribution is 7.17. The first kappa shape index (κ1) is 18.6. The highest BCUT2D eigenvalue weighted by atomic mass is 35.5. The molecule has 6 heteroatoms. The molecule has 1 aromatic carbocycles. The van der Waals surface area contributed by atoms with Crippen LogP contribution in [0, 0.1) is 5.82 Å². The lowest BCUT2D eigenvalue weighted by molar-refractivity contribution is 0.0958. The van der Waals surface area contributed by atoms with E-state index in [2.05, 4.69) is 17.6 Å². The Morgan fingerprint density at radius 1 is 1.09 bits per heavy atom. The lowest BCUT2D eigenvalue weighted by atomic mass is 10.2. The number of amides is 1. The summed E-state index contributed by atoms with van der Waals surface area (Å²) in [4.78, 5) is 13.6. The molecule has 0 aliphatic carbocycles. The quantitative estimate of drug-likeness (QED) is 0.753. The second kappa shape index (κ2) is 9.56. The van der Waals surface area contributed by atoms with Crippen molar-refractivity contribution in [2.24, 2.45) is 0 Å². The third-order valence-electron chi connectivity index (χ3n) is 2.97. The van der Waals surface area contributed by atoms with Gasteiger partial charge >= 0.3 is 0 Å². The monoisotopic (exact) mass is 342 g/mol. The maximum Gasteiger partial charge on any atom is 0.261 e. The van der Waals surface area contributed by atoms with E-state index in [1.807, 2.05) is 6.07 Å². The Morgan fingerprint density at radius 3 is 2.50 bits per heavy atom. The van der Waals surface area contributed by atoms with Crippen molar-refractivity contribution < 1.29 is 9.18 Å². The van der Waals surface area contributed by atoms with Crippen LogP contribution in [0.5, 0.6) is 0 Å². The van der Waals surface area contributed by atoms with Gasteiger partial charge in [0.2, 0.25) is 0 Å². The number of halogens is 2. The molecule has 3 nitrogen and oxygen atoms in total. The number of carbonyl (C=O) groups is 1. The van der Waals surface area contributed by atoms with Crippen molar-refractivity contribution in [1.29, 1.82) is 0 Å². The number of hydrogen-bond acceptors (Lipinski definition) is 3. The van der Waals surface area contributed by atoms with Gasteiger partial charge in [0.05, 0.1) is 4.88 Å². The molecule has 0 aliphatic heterocycles. The zero-order chi connectivity index (χ0) is 15.1. The van der Waals surface area contributed by atoms with Gasteiger partial charge in [0, 0.05) is 18.0 Å². The van der Waals surface area contributed by atoms with Gasteiger partial charge in [0.1, 0.15) is 5.82 Å². The molecule has 1 amide bonds. The maximum atomic E-state index is 12.9. The van der Waals surface area contributed by atoms with E-state index < -0.39 is 0 Å². The fourth-order valence-corrected chi connectivity index (χ4v) is 2.81. The number of benzene rings is 1. The number of hydrogen-bond donors (Lipinski definition) is 2. The standard InChI is InChI=1S/C16H19FN2OS.ClH/c1-2-9-18-10-11-19-16(20)15-8-7-14(21-15)12-3-5-13(17)6-4-12;/h3-8,18H,2,9-11H2,1H3,(H,19,20);1H. The Labute approximate surface area is 140 Å². The molecule has 2 rings (SSSR count). The van der Waals surface area contributed by atoms with Crippen LogP contribution in [-0.4, -0.2) is 25.5 Å². The van der Waals surface area contributed by atoms with E-state index in [0.717, 1.165) is 30.0 Å². The summed E-state index contributed by atoms with van der Waals surface area (Å²) in [5, 5.41) is 6.11. The van der Waals surface area contributed by atoms with Crippen LogP contribution in [0.15, 0.2) is 36.4 Å². The molecule has 0 unspecified atom stereocenters. The first-order valence-electron chi connectivity index (χ1n) is 7.05. The molecule has 2 N–H and O–H groups in total. The number of rotatable bonds is 7. The van der Waals surface area contributed by atoms with E-state index in [4.69, 9.17) is 0 Å². The highest BCUT2D eigenvalue weighted by Crippen LogP contribution is 2.28. The molecular formula is C16H20ClFN2OS. The van der Waals surface area contributed by atoms with Crippen LogP contribution in [-0.2, 0) is 0 Å². The lowest BCUT2D eigenvalue weighted by Crippen LogP contribution is -2.31. The number of thiophene rings is 1. The zero-order valence-corrected chi connectivity index (χ0v) is 14.0. The Balaban J connectivity index is 0.00000242. The smallest absolute Gasteiger partial charge is 0.261 e. The average molecular weight is 343 g/mol. The van der Waals surface area contributed by atoms with E-state index in [9.17, 15) is 9.18 Å². The van der Waals surface area contributed by atoms with E-state index in [0.29, 0.717) is 11.4 Å². The lowest BCUT2D eigenvalue weighted by Gasteiger charge is -2.04. The minimum absolute atomic E-state index is 0. The Hall–Kier alpha value is -1.43. The highest BCUT2D eigenvalue weighted by Gasteiger charge is 2.09.